The maximum atomic E-state index is 12.6. The number of para-hydroxylation sites is 1. The fourth-order valence-corrected chi connectivity index (χ4v) is 4.86. The fraction of sp³-hybridized carbons (Fsp3) is 0.542. The Hall–Kier alpha value is -2.71. The summed E-state index contributed by atoms with van der Waals surface area (Å²) in [6.45, 7) is 8.49. The first-order valence-electron chi connectivity index (χ1n) is 11.4. The Morgan fingerprint density at radius 2 is 1.81 bits per heavy atom. The van der Waals surface area contributed by atoms with Crippen LogP contribution >= 0.6 is 0 Å². The van der Waals surface area contributed by atoms with Crippen molar-refractivity contribution in [2.24, 2.45) is 5.92 Å². The minimum atomic E-state index is -0.532. The highest BCUT2D eigenvalue weighted by Crippen LogP contribution is 2.21. The normalized spacial score (nSPS) is 22.8. The van der Waals surface area contributed by atoms with E-state index in [2.05, 4.69) is 29.0 Å². The monoisotopic (exact) mass is 440 g/mol. The maximum absolute atomic E-state index is 12.6. The van der Waals surface area contributed by atoms with E-state index < -0.39 is 5.91 Å². The summed E-state index contributed by atoms with van der Waals surface area (Å²) in [5.41, 5.74) is 0.357. The second-order valence-electron chi connectivity index (χ2n) is 9.06. The van der Waals surface area contributed by atoms with Gasteiger partial charge in [0.1, 0.15) is 5.56 Å². The van der Waals surface area contributed by atoms with Crippen LogP contribution in [0.1, 0.15) is 37.0 Å². The van der Waals surface area contributed by atoms with E-state index >= 15 is 0 Å². The summed E-state index contributed by atoms with van der Waals surface area (Å²) in [4.78, 5) is 44.9. The Kier molecular flexibility index (Phi) is 6.91. The van der Waals surface area contributed by atoms with Gasteiger partial charge in [0.05, 0.1) is 18.8 Å². The number of rotatable bonds is 5. The summed E-state index contributed by atoms with van der Waals surface area (Å²) in [6, 6.07) is 7.04. The number of pyridine rings is 1. The lowest BCUT2D eigenvalue weighted by Crippen LogP contribution is -2.49. The highest BCUT2D eigenvalue weighted by molar-refractivity contribution is 5.98. The Morgan fingerprint density at radius 1 is 1.12 bits per heavy atom. The first-order valence-corrected chi connectivity index (χ1v) is 11.4. The summed E-state index contributed by atoms with van der Waals surface area (Å²) >= 11 is 0. The number of likely N-dealkylation sites (tertiary alicyclic amines) is 1. The van der Waals surface area contributed by atoms with Gasteiger partial charge in [-0.25, -0.2) is 0 Å². The lowest BCUT2D eigenvalue weighted by atomic mass is 9.95. The Morgan fingerprint density at radius 3 is 2.53 bits per heavy atom. The lowest BCUT2D eigenvalue weighted by molar-refractivity contribution is -0.131. The standard InChI is InChI=1S/C24H32N4O4/c1-16-13-27(14-17(2)32-16)15-18-7-9-28(10-8-18)22(29)12-26-24(31)20-11-25-21-6-4-3-5-19(21)23(20)30/h3-6,11,16-18H,7-10,12-15H2,1-2H3,(H,25,30)(H,26,31). The van der Waals surface area contributed by atoms with E-state index in [0.29, 0.717) is 29.9 Å². The topological polar surface area (TPSA) is 94.7 Å². The molecule has 2 aliphatic heterocycles. The van der Waals surface area contributed by atoms with Gasteiger partial charge in [-0.3, -0.25) is 19.3 Å². The van der Waals surface area contributed by atoms with Crippen molar-refractivity contribution >= 4 is 22.7 Å². The van der Waals surface area contributed by atoms with Crippen LogP contribution in [0.25, 0.3) is 10.9 Å². The van der Waals surface area contributed by atoms with Gasteiger partial charge in [0, 0.05) is 49.8 Å². The van der Waals surface area contributed by atoms with Crippen molar-refractivity contribution in [3.63, 3.8) is 0 Å². The zero-order chi connectivity index (χ0) is 22.7. The van der Waals surface area contributed by atoms with Crippen molar-refractivity contribution in [3.8, 4) is 0 Å². The van der Waals surface area contributed by atoms with Crippen LogP contribution in [0.4, 0.5) is 0 Å². The third-order valence-electron chi connectivity index (χ3n) is 6.41. The molecule has 2 N–H and O–H groups in total. The van der Waals surface area contributed by atoms with Crippen molar-refractivity contribution in [1.82, 2.24) is 20.1 Å². The molecule has 8 nitrogen and oxygen atoms in total. The summed E-state index contributed by atoms with van der Waals surface area (Å²) in [5, 5.41) is 3.07. The van der Waals surface area contributed by atoms with Gasteiger partial charge in [0.2, 0.25) is 11.3 Å². The van der Waals surface area contributed by atoms with E-state index in [0.717, 1.165) is 32.5 Å². The molecule has 2 atom stereocenters. The molecule has 0 saturated carbocycles. The lowest BCUT2D eigenvalue weighted by Gasteiger charge is -2.39. The number of fused-ring (bicyclic) bond motifs is 1. The molecular weight excluding hydrogens is 408 g/mol. The molecule has 0 radical (unpaired) electrons. The van der Waals surface area contributed by atoms with Gasteiger partial charge in [-0.05, 0) is 44.7 Å². The molecule has 172 valence electrons. The number of ether oxygens (including phenoxy) is 1. The number of piperidine rings is 1. The Balaban J connectivity index is 1.25. The molecule has 2 unspecified atom stereocenters. The Labute approximate surface area is 187 Å². The SMILES string of the molecule is CC1CN(CC2CCN(C(=O)CNC(=O)c3c[nH]c4ccccc4c3=O)CC2)CC(C)O1. The molecule has 2 amide bonds. The number of benzene rings is 1. The molecule has 3 heterocycles. The molecule has 0 spiro atoms. The van der Waals surface area contributed by atoms with E-state index in [9.17, 15) is 14.4 Å². The predicted octanol–water partition coefficient (Wildman–Crippen LogP) is 1.61. The number of nitrogens with one attached hydrogen (secondary N) is 2. The smallest absolute Gasteiger partial charge is 0.257 e. The van der Waals surface area contributed by atoms with Crippen LogP contribution in [0.2, 0.25) is 0 Å². The van der Waals surface area contributed by atoms with Crippen LogP contribution in [0.3, 0.4) is 0 Å². The molecule has 0 aliphatic carbocycles. The fourth-order valence-electron chi connectivity index (χ4n) is 4.86. The first kappa shape index (κ1) is 22.5. The number of aromatic amines is 1. The number of nitrogens with zero attached hydrogens (tertiary/aromatic N) is 2. The second-order valence-corrected chi connectivity index (χ2v) is 9.06. The maximum Gasteiger partial charge on any atom is 0.257 e. The van der Waals surface area contributed by atoms with Gasteiger partial charge in [0.15, 0.2) is 0 Å². The van der Waals surface area contributed by atoms with Crippen LogP contribution in [0.5, 0.6) is 0 Å². The van der Waals surface area contributed by atoms with Crippen molar-refractivity contribution < 1.29 is 14.3 Å². The molecule has 2 aromatic rings. The number of morpholine rings is 1. The highest BCUT2D eigenvalue weighted by atomic mass is 16.5. The van der Waals surface area contributed by atoms with Gasteiger partial charge in [-0.2, -0.15) is 0 Å². The highest BCUT2D eigenvalue weighted by Gasteiger charge is 2.28. The summed E-state index contributed by atoms with van der Waals surface area (Å²) in [7, 11) is 0. The molecule has 32 heavy (non-hydrogen) atoms. The van der Waals surface area contributed by atoms with E-state index in [4.69, 9.17) is 4.74 Å². The molecule has 2 saturated heterocycles. The Bertz CT molecular complexity index is 1020. The van der Waals surface area contributed by atoms with Crippen LogP contribution < -0.4 is 10.7 Å². The molecule has 1 aromatic carbocycles. The average molecular weight is 441 g/mol. The van der Waals surface area contributed by atoms with Crippen molar-refractivity contribution in [2.45, 2.75) is 38.9 Å². The number of H-pyrrole nitrogens is 1. The van der Waals surface area contributed by atoms with Crippen LogP contribution in [-0.4, -0.2) is 78.1 Å². The number of hydrogen-bond acceptors (Lipinski definition) is 5. The summed E-state index contributed by atoms with van der Waals surface area (Å²) in [6.07, 6.45) is 3.86. The zero-order valence-electron chi connectivity index (χ0n) is 18.8. The van der Waals surface area contributed by atoms with Gasteiger partial charge in [-0.1, -0.05) is 12.1 Å². The molecule has 2 aliphatic rings. The van der Waals surface area contributed by atoms with E-state index in [1.165, 1.54) is 6.20 Å². The molecule has 1 aromatic heterocycles. The minimum absolute atomic E-state index is 0.0178. The van der Waals surface area contributed by atoms with E-state index in [-0.39, 0.29) is 35.7 Å². The number of aromatic nitrogens is 1. The van der Waals surface area contributed by atoms with Gasteiger partial charge in [0.25, 0.3) is 5.91 Å². The largest absolute Gasteiger partial charge is 0.373 e. The first-order chi connectivity index (χ1) is 15.4. The van der Waals surface area contributed by atoms with Crippen LogP contribution in [0, 0.1) is 5.92 Å². The molecule has 0 bridgehead atoms. The predicted molar refractivity (Wildman–Crippen MR) is 123 cm³/mol. The zero-order valence-corrected chi connectivity index (χ0v) is 18.8. The second kappa shape index (κ2) is 9.83. The molecule has 8 heteroatoms. The quantitative estimate of drug-likeness (QED) is 0.737. The summed E-state index contributed by atoms with van der Waals surface area (Å²) < 4.78 is 5.81. The van der Waals surface area contributed by atoms with E-state index in [1.807, 2.05) is 11.0 Å². The molecular formula is C24H32N4O4. The van der Waals surface area contributed by atoms with Crippen LogP contribution in [0.15, 0.2) is 35.3 Å². The summed E-state index contributed by atoms with van der Waals surface area (Å²) in [5.74, 6) is -0.0688. The average Bonchev–Trinajstić information content (AvgIpc) is 2.77. The number of amides is 2. The van der Waals surface area contributed by atoms with Crippen molar-refractivity contribution in [3.05, 3.63) is 46.2 Å². The van der Waals surface area contributed by atoms with Gasteiger partial charge < -0.3 is 19.9 Å². The van der Waals surface area contributed by atoms with Crippen molar-refractivity contribution in [2.75, 3.05) is 39.3 Å². The van der Waals surface area contributed by atoms with Gasteiger partial charge >= 0.3 is 0 Å². The molecule has 4 rings (SSSR count). The number of carbonyl (C=O) groups excluding carboxylic acids is 2. The van der Waals surface area contributed by atoms with Gasteiger partial charge in [-0.15, -0.1) is 0 Å². The number of hydrogen-bond donors (Lipinski definition) is 2. The number of carbonyl (C=O) groups is 2. The van der Waals surface area contributed by atoms with Crippen LogP contribution in [-0.2, 0) is 9.53 Å². The molecule has 2 fully saturated rings. The third-order valence-corrected chi connectivity index (χ3v) is 6.41. The van der Waals surface area contributed by atoms with Crippen molar-refractivity contribution in [1.29, 1.82) is 0 Å². The third kappa shape index (κ3) is 5.19. The minimum Gasteiger partial charge on any atom is -0.373 e. The van der Waals surface area contributed by atoms with E-state index in [1.54, 1.807) is 18.2 Å².